The molecular weight excluding hydrogens is 358 g/mol. The normalized spacial score (nSPS) is 12.1. The van der Waals surface area contributed by atoms with E-state index in [-0.39, 0.29) is 12.5 Å². The summed E-state index contributed by atoms with van der Waals surface area (Å²) in [5.41, 5.74) is 2.60. The minimum absolute atomic E-state index is 0.0683. The molecule has 3 heterocycles. The maximum Gasteiger partial charge on any atom is 0.227 e. The number of benzene rings is 1. The molecule has 4 rings (SSSR count). The third-order valence-electron chi connectivity index (χ3n) is 4.17. The fourth-order valence-corrected chi connectivity index (χ4v) is 2.65. The smallest absolute Gasteiger partial charge is 0.227 e. The molecule has 0 saturated heterocycles. The number of H-pyrrole nitrogens is 1. The number of ether oxygens (including phenoxy) is 1. The summed E-state index contributed by atoms with van der Waals surface area (Å²) in [7, 11) is 0. The molecule has 1 atom stereocenters. The highest BCUT2D eigenvalue weighted by atomic mass is 16.5. The number of aromatic nitrogens is 5. The molecule has 0 radical (unpaired) electrons. The molecule has 0 fully saturated rings. The van der Waals surface area contributed by atoms with Crippen molar-refractivity contribution in [2.75, 3.05) is 6.61 Å². The largest absolute Gasteiger partial charge is 0.439 e. The number of nitrogens with zero attached hydrogens (tertiary/aromatic N) is 4. The van der Waals surface area contributed by atoms with Crippen LogP contribution in [-0.2, 0) is 6.42 Å². The Labute approximate surface area is 161 Å². The molecule has 0 spiro atoms. The van der Waals surface area contributed by atoms with Crippen molar-refractivity contribution in [2.45, 2.75) is 13.3 Å². The number of rotatable bonds is 7. The molecule has 3 aromatic heterocycles. The predicted molar refractivity (Wildman–Crippen MR) is 102 cm³/mol. The lowest BCUT2D eigenvalue weighted by Crippen LogP contribution is -2.04. The number of hydrogen-bond acceptors (Lipinski definition) is 7. The molecule has 8 nitrogen and oxygen atoms in total. The molecule has 0 amide bonds. The van der Waals surface area contributed by atoms with Gasteiger partial charge in [-0.3, -0.25) is 5.10 Å². The van der Waals surface area contributed by atoms with Gasteiger partial charge in [-0.1, -0.05) is 24.2 Å². The van der Waals surface area contributed by atoms with E-state index < -0.39 is 0 Å². The third kappa shape index (κ3) is 4.07. The average molecular weight is 377 g/mol. The summed E-state index contributed by atoms with van der Waals surface area (Å²) in [6.07, 6.45) is 3.95. The third-order valence-corrected chi connectivity index (χ3v) is 4.17. The van der Waals surface area contributed by atoms with Crippen LogP contribution in [0.4, 0.5) is 0 Å². The van der Waals surface area contributed by atoms with Crippen molar-refractivity contribution in [2.24, 2.45) is 5.92 Å². The van der Waals surface area contributed by atoms with Crippen LogP contribution in [0.5, 0.6) is 11.6 Å². The number of aromatic amines is 1. The van der Waals surface area contributed by atoms with Crippen molar-refractivity contribution >= 4 is 0 Å². The van der Waals surface area contributed by atoms with Crippen molar-refractivity contribution in [3.63, 3.8) is 0 Å². The van der Waals surface area contributed by atoms with Crippen LogP contribution < -0.4 is 4.74 Å². The van der Waals surface area contributed by atoms with Crippen LogP contribution in [0.15, 0.2) is 59.4 Å². The quantitative estimate of drug-likeness (QED) is 0.507. The second-order valence-electron chi connectivity index (χ2n) is 6.49. The molecule has 28 heavy (non-hydrogen) atoms. The summed E-state index contributed by atoms with van der Waals surface area (Å²) in [5, 5.41) is 20.0. The lowest BCUT2D eigenvalue weighted by Gasteiger charge is -2.06. The first-order valence-corrected chi connectivity index (χ1v) is 8.89. The Bertz CT molecular complexity index is 1030. The molecule has 0 aliphatic heterocycles. The van der Waals surface area contributed by atoms with Gasteiger partial charge in [-0.15, -0.1) is 0 Å². The molecule has 0 unspecified atom stereocenters. The Morgan fingerprint density at radius 2 is 2.11 bits per heavy atom. The van der Waals surface area contributed by atoms with Crippen LogP contribution in [0.3, 0.4) is 0 Å². The van der Waals surface area contributed by atoms with E-state index in [4.69, 9.17) is 14.4 Å². The van der Waals surface area contributed by atoms with Crippen LogP contribution in [-0.4, -0.2) is 37.0 Å². The Kier molecular flexibility index (Phi) is 5.11. The first kappa shape index (κ1) is 17.9. The van der Waals surface area contributed by atoms with Crippen molar-refractivity contribution in [3.05, 3.63) is 60.7 Å². The first-order valence-electron chi connectivity index (χ1n) is 8.89. The number of aliphatic hydroxyl groups is 1. The Morgan fingerprint density at radius 3 is 2.86 bits per heavy atom. The van der Waals surface area contributed by atoms with Crippen LogP contribution in [0.2, 0.25) is 0 Å². The van der Waals surface area contributed by atoms with Gasteiger partial charge in [0.05, 0.1) is 5.69 Å². The van der Waals surface area contributed by atoms with Crippen LogP contribution in [0.1, 0.15) is 12.8 Å². The highest BCUT2D eigenvalue weighted by molar-refractivity contribution is 5.58. The zero-order chi connectivity index (χ0) is 19.3. The van der Waals surface area contributed by atoms with Crippen molar-refractivity contribution in [3.8, 4) is 34.3 Å². The summed E-state index contributed by atoms with van der Waals surface area (Å²) >= 11 is 0. The molecule has 1 aromatic carbocycles. The molecule has 4 aromatic rings. The van der Waals surface area contributed by atoms with E-state index in [1.807, 2.05) is 43.3 Å². The zero-order valence-electron chi connectivity index (χ0n) is 15.2. The molecule has 8 heteroatoms. The Balaban J connectivity index is 1.48. The van der Waals surface area contributed by atoms with Gasteiger partial charge in [0, 0.05) is 42.6 Å². The topological polar surface area (TPSA) is 110 Å². The van der Waals surface area contributed by atoms with Crippen molar-refractivity contribution < 1.29 is 14.4 Å². The molecule has 2 N–H and O–H groups in total. The maximum absolute atomic E-state index is 9.15. The summed E-state index contributed by atoms with van der Waals surface area (Å²) < 4.78 is 11.1. The molecule has 0 saturated carbocycles. The molecule has 0 bridgehead atoms. The second kappa shape index (κ2) is 8.01. The van der Waals surface area contributed by atoms with E-state index >= 15 is 0 Å². The monoisotopic (exact) mass is 377 g/mol. The minimum Gasteiger partial charge on any atom is -0.439 e. The van der Waals surface area contributed by atoms with E-state index in [1.54, 1.807) is 18.5 Å². The minimum atomic E-state index is 0.0683. The SMILES string of the molecule is C[C@H](CO)Cc1nc(-c2cccc(Oc3ccc(-c4ccn[nH]4)cn3)c2)no1. The summed E-state index contributed by atoms with van der Waals surface area (Å²) in [6.45, 7) is 2.00. The molecule has 0 aliphatic carbocycles. The van der Waals surface area contributed by atoms with E-state index in [1.165, 1.54) is 0 Å². The number of hydrogen-bond donors (Lipinski definition) is 2. The fourth-order valence-electron chi connectivity index (χ4n) is 2.65. The molecule has 142 valence electrons. The zero-order valence-corrected chi connectivity index (χ0v) is 15.2. The van der Waals surface area contributed by atoms with Gasteiger partial charge in [0.15, 0.2) is 0 Å². The van der Waals surface area contributed by atoms with E-state index in [0.717, 1.165) is 16.8 Å². The molecule has 0 aliphatic rings. The summed E-state index contributed by atoms with van der Waals surface area (Å²) in [6, 6.07) is 13.0. The first-order chi connectivity index (χ1) is 13.7. The lowest BCUT2D eigenvalue weighted by atomic mass is 10.1. The number of pyridine rings is 1. The van der Waals surface area contributed by atoms with Gasteiger partial charge in [-0.05, 0) is 30.2 Å². The van der Waals surface area contributed by atoms with Gasteiger partial charge in [0.25, 0.3) is 0 Å². The van der Waals surface area contributed by atoms with Crippen molar-refractivity contribution in [1.82, 2.24) is 25.3 Å². The van der Waals surface area contributed by atoms with Gasteiger partial charge < -0.3 is 14.4 Å². The highest BCUT2D eigenvalue weighted by Crippen LogP contribution is 2.26. The number of aliphatic hydroxyl groups excluding tert-OH is 1. The van der Waals surface area contributed by atoms with Gasteiger partial charge >= 0.3 is 0 Å². The van der Waals surface area contributed by atoms with Gasteiger partial charge in [-0.25, -0.2) is 4.98 Å². The van der Waals surface area contributed by atoms with Gasteiger partial charge in [0.2, 0.25) is 17.6 Å². The lowest BCUT2D eigenvalue weighted by molar-refractivity contribution is 0.225. The van der Waals surface area contributed by atoms with E-state index in [2.05, 4.69) is 25.3 Å². The van der Waals surface area contributed by atoms with Gasteiger partial charge in [-0.2, -0.15) is 10.1 Å². The number of nitrogens with one attached hydrogen (secondary N) is 1. The van der Waals surface area contributed by atoms with Crippen LogP contribution >= 0.6 is 0 Å². The highest BCUT2D eigenvalue weighted by Gasteiger charge is 2.12. The maximum atomic E-state index is 9.15. The Morgan fingerprint density at radius 1 is 1.18 bits per heavy atom. The summed E-state index contributed by atoms with van der Waals surface area (Å²) in [5.74, 6) is 2.14. The van der Waals surface area contributed by atoms with Crippen molar-refractivity contribution in [1.29, 1.82) is 0 Å². The summed E-state index contributed by atoms with van der Waals surface area (Å²) in [4.78, 5) is 8.72. The van der Waals surface area contributed by atoms with Gasteiger partial charge in [0.1, 0.15) is 5.75 Å². The standard InChI is InChI=1S/C20H19N5O3/c1-13(12-26)9-19-23-20(25-28-19)14-3-2-4-16(10-14)27-18-6-5-15(11-21-18)17-7-8-22-24-17/h2-8,10-11,13,26H,9,12H2,1H3,(H,22,24)/t13-/m0/s1. The van der Waals surface area contributed by atoms with E-state index in [9.17, 15) is 0 Å². The Hall–Kier alpha value is -3.52. The molecular formula is C20H19N5O3. The van der Waals surface area contributed by atoms with E-state index in [0.29, 0.717) is 29.8 Å². The van der Waals surface area contributed by atoms with Crippen LogP contribution in [0.25, 0.3) is 22.6 Å². The average Bonchev–Trinajstić information content (AvgIpc) is 3.41. The van der Waals surface area contributed by atoms with Crippen LogP contribution in [0, 0.1) is 5.92 Å². The fraction of sp³-hybridized carbons (Fsp3) is 0.200. The predicted octanol–water partition coefficient (Wildman–Crippen LogP) is 3.48. The second-order valence-corrected chi connectivity index (χ2v) is 6.49.